The summed E-state index contributed by atoms with van der Waals surface area (Å²) in [5.74, 6) is 0. The standard InChI is InChI=1S/C15H20N2O/c1-3-10-15(18,13-7-5-4-6-8-13)12-14-9-11-17(2)16-14/h4-9,11,18H,3,10,12H2,1-2H3. The highest BCUT2D eigenvalue weighted by atomic mass is 16.3. The van der Waals surface area contributed by atoms with Gasteiger partial charge < -0.3 is 5.11 Å². The van der Waals surface area contributed by atoms with Gasteiger partial charge in [0.15, 0.2) is 0 Å². The Morgan fingerprint density at radius 2 is 1.94 bits per heavy atom. The molecule has 1 heterocycles. The van der Waals surface area contributed by atoms with Gasteiger partial charge in [-0.05, 0) is 18.1 Å². The van der Waals surface area contributed by atoms with Gasteiger partial charge in [-0.25, -0.2) is 0 Å². The predicted octanol–water partition coefficient (Wildman–Crippen LogP) is 2.65. The average Bonchev–Trinajstić information content (AvgIpc) is 2.76. The van der Waals surface area contributed by atoms with Gasteiger partial charge in [0.25, 0.3) is 0 Å². The maximum Gasteiger partial charge on any atom is 0.0952 e. The van der Waals surface area contributed by atoms with Crippen LogP contribution in [0.4, 0.5) is 0 Å². The summed E-state index contributed by atoms with van der Waals surface area (Å²) < 4.78 is 1.77. The van der Waals surface area contributed by atoms with E-state index in [4.69, 9.17) is 0 Å². The summed E-state index contributed by atoms with van der Waals surface area (Å²) in [6.45, 7) is 2.09. The molecule has 3 nitrogen and oxygen atoms in total. The van der Waals surface area contributed by atoms with Gasteiger partial charge in [-0.1, -0.05) is 43.7 Å². The number of aryl methyl sites for hydroxylation is 1. The smallest absolute Gasteiger partial charge is 0.0952 e. The monoisotopic (exact) mass is 244 g/mol. The number of benzene rings is 1. The van der Waals surface area contributed by atoms with Gasteiger partial charge in [0.1, 0.15) is 0 Å². The molecule has 0 aliphatic rings. The summed E-state index contributed by atoms with van der Waals surface area (Å²) in [5.41, 5.74) is 1.08. The lowest BCUT2D eigenvalue weighted by Crippen LogP contribution is -2.28. The van der Waals surface area contributed by atoms with Gasteiger partial charge in [-0.15, -0.1) is 0 Å². The van der Waals surface area contributed by atoms with E-state index in [1.54, 1.807) is 4.68 Å². The predicted molar refractivity (Wildman–Crippen MR) is 72.2 cm³/mol. The molecule has 1 aromatic heterocycles. The molecule has 1 N–H and O–H groups in total. The molecule has 2 rings (SSSR count). The van der Waals surface area contributed by atoms with E-state index in [1.807, 2.05) is 49.6 Å². The molecule has 0 aliphatic heterocycles. The topological polar surface area (TPSA) is 38.0 Å². The molecular weight excluding hydrogens is 224 g/mol. The van der Waals surface area contributed by atoms with Gasteiger partial charge in [0, 0.05) is 19.7 Å². The first-order chi connectivity index (χ1) is 8.64. The fraction of sp³-hybridized carbons (Fsp3) is 0.400. The van der Waals surface area contributed by atoms with E-state index in [9.17, 15) is 5.11 Å². The van der Waals surface area contributed by atoms with Crippen LogP contribution in [0.1, 0.15) is 31.0 Å². The highest BCUT2D eigenvalue weighted by molar-refractivity contribution is 5.24. The maximum atomic E-state index is 10.9. The summed E-state index contributed by atoms with van der Waals surface area (Å²) in [4.78, 5) is 0. The molecule has 2 aromatic rings. The third kappa shape index (κ3) is 2.79. The Hall–Kier alpha value is -1.61. The molecule has 1 atom stereocenters. The Morgan fingerprint density at radius 3 is 2.50 bits per heavy atom. The largest absolute Gasteiger partial charge is 0.385 e. The number of aliphatic hydroxyl groups is 1. The van der Waals surface area contributed by atoms with Crippen molar-refractivity contribution >= 4 is 0 Å². The highest BCUT2D eigenvalue weighted by Crippen LogP contribution is 2.29. The Kier molecular flexibility index (Phi) is 3.82. The van der Waals surface area contributed by atoms with Gasteiger partial charge in [-0.2, -0.15) is 5.10 Å². The van der Waals surface area contributed by atoms with Crippen LogP contribution in [-0.4, -0.2) is 14.9 Å². The van der Waals surface area contributed by atoms with E-state index in [0.29, 0.717) is 6.42 Å². The number of nitrogens with zero attached hydrogens (tertiary/aromatic N) is 2. The van der Waals surface area contributed by atoms with E-state index in [2.05, 4.69) is 12.0 Å². The van der Waals surface area contributed by atoms with Gasteiger partial charge >= 0.3 is 0 Å². The first kappa shape index (κ1) is 12.8. The van der Waals surface area contributed by atoms with E-state index in [1.165, 1.54) is 0 Å². The fourth-order valence-electron chi connectivity index (χ4n) is 2.35. The van der Waals surface area contributed by atoms with Crippen LogP contribution in [0.25, 0.3) is 0 Å². The minimum atomic E-state index is -0.815. The van der Waals surface area contributed by atoms with Crippen molar-refractivity contribution in [1.29, 1.82) is 0 Å². The van der Waals surface area contributed by atoms with E-state index in [-0.39, 0.29) is 0 Å². The second kappa shape index (κ2) is 5.36. The van der Waals surface area contributed by atoms with E-state index >= 15 is 0 Å². The molecule has 1 aromatic carbocycles. The van der Waals surface area contributed by atoms with E-state index < -0.39 is 5.60 Å². The first-order valence-corrected chi connectivity index (χ1v) is 6.40. The molecule has 0 spiro atoms. The molecule has 1 unspecified atom stereocenters. The number of hydrogen-bond acceptors (Lipinski definition) is 2. The Morgan fingerprint density at radius 1 is 1.22 bits per heavy atom. The minimum absolute atomic E-state index is 0.561. The minimum Gasteiger partial charge on any atom is -0.385 e. The summed E-state index contributed by atoms with van der Waals surface area (Å²) in [6, 6.07) is 11.8. The van der Waals surface area contributed by atoms with Gasteiger partial charge in [0.2, 0.25) is 0 Å². The van der Waals surface area contributed by atoms with Crippen LogP contribution in [-0.2, 0) is 19.1 Å². The Balaban J connectivity index is 2.26. The Bertz CT molecular complexity index is 492. The summed E-state index contributed by atoms with van der Waals surface area (Å²) in [7, 11) is 1.89. The van der Waals surface area contributed by atoms with Crippen LogP contribution in [0.15, 0.2) is 42.6 Å². The van der Waals surface area contributed by atoms with Crippen molar-refractivity contribution in [2.24, 2.45) is 7.05 Å². The molecule has 0 bridgehead atoms. The van der Waals surface area contributed by atoms with Crippen molar-refractivity contribution in [3.63, 3.8) is 0 Å². The lowest BCUT2D eigenvalue weighted by atomic mass is 9.85. The van der Waals surface area contributed by atoms with Crippen molar-refractivity contribution < 1.29 is 5.11 Å². The number of hydrogen-bond donors (Lipinski definition) is 1. The van der Waals surface area contributed by atoms with Crippen LogP contribution in [0.2, 0.25) is 0 Å². The Labute approximate surface area is 108 Å². The van der Waals surface area contributed by atoms with E-state index in [0.717, 1.165) is 24.1 Å². The van der Waals surface area contributed by atoms with Gasteiger partial charge in [-0.3, -0.25) is 4.68 Å². The third-order valence-corrected chi connectivity index (χ3v) is 3.22. The molecule has 0 aliphatic carbocycles. The maximum absolute atomic E-state index is 10.9. The molecule has 0 radical (unpaired) electrons. The molecule has 0 saturated carbocycles. The van der Waals surface area contributed by atoms with Crippen LogP contribution < -0.4 is 0 Å². The molecule has 0 amide bonds. The fourth-order valence-corrected chi connectivity index (χ4v) is 2.35. The highest BCUT2D eigenvalue weighted by Gasteiger charge is 2.29. The summed E-state index contributed by atoms with van der Waals surface area (Å²) in [5, 5.41) is 15.3. The SMILES string of the molecule is CCCC(O)(Cc1ccn(C)n1)c1ccccc1. The van der Waals surface area contributed by atoms with Crippen LogP contribution in [0, 0.1) is 0 Å². The summed E-state index contributed by atoms with van der Waals surface area (Å²) in [6.07, 6.45) is 4.16. The first-order valence-electron chi connectivity index (χ1n) is 6.40. The normalized spacial score (nSPS) is 14.4. The molecular formula is C15H20N2O. The summed E-state index contributed by atoms with van der Waals surface area (Å²) >= 11 is 0. The number of aromatic nitrogens is 2. The zero-order chi connectivity index (χ0) is 13.0. The van der Waals surface area contributed by atoms with Gasteiger partial charge in [0.05, 0.1) is 11.3 Å². The average molecular weight is 244 g/mol. The van der Waals surface area contributed by atoms with Crippen molar-refractivity contribution in [2.45, 2.75) is 31.8 Å². The number of rotatable bonds is 5. The molecule has 96 valence electrons. The lowest BCUT2D eigenvalue weighted by molar-refractivity contribution is 0.0258. The van der Waals surface area contributed by atoms with Crippen molar-refractivity contribution in [1.82, 2.24) is 9.78 Å². The van der Waals surface area contributed by atoms with Crippen molar-refractivity contribution in [2.75, 3.05) is 0 Å². The zero-order valence-electron chi connectivity index (χ0n) is 11.0. The molecule has 0 fully saturated rings. The van der Waals surface area contributed by atoms with Crippen molar-refractivity contribution in [3.8, 4) is 0 Å². The lowest BCUT2D eigenvalue weighted by Gasteiger charge is -2.27. The van der Waals surface area contributed by atoms with Crippen molar-refractivity contribution in [3.05, 3.63) is 53.9 Å². The van der Waals surface area contributed by atoms with Crippen LogP contribution in [0.3, 0.4) is 0 Å². The second-order valence-electron chi connectivity index (χ2n) is 4.81. The molecule has 3 heteroatoms. The third-order valence-electron chi connectivity index (χ3n) is 3.22. The quantitative estimate of drug-likeness (QED) is 0.878. The van der Waals surface area contributed by atoms with Crippen LogP contribution in [0.5, 0.6) is 0 Å². The molecule has 18 heavy (non-hydrogen) atoms. The zero-order valence-corrected chi connectivity index (χ0v) is 11.0. The van der Waals surface area contributed by atoms with Crippen LogP contribution >= 0.6 is 0 Å². The second-order valence-corrected chi connectivity index (χ2v) is 4.81. The molecule has 0 saturated heterocycles.